The zero-order valence-corrected chi connectivity index (χ0v) is 12.3. The van der Waals surface area contributed by atoms with Gasteiger partial charge in [-0.25, -0.2) is 4.99 Å². The Morgan fingerprint density at radius 2 is 2.05 bits per heavy atom. The lowest BCUT2D eigenvalue weighted by atomic mass is 10.2. The predicted octanol–water partition coefficient (Wildman–Crippen LogP) is 2.17. The first-order chi connectivity index (χ1) is 9.88. The fourth-order valence-electron chi connectivity index (χ4n) is 1.87. The molecule has 4 nitrogen and oxygen atoms in total. The standard InChI is InChI=1S/C16H25N3O/c1-2-17-16(18-10-11-20-13-15-8-9-15)19-12-14-6-4-3-5-7-14/h3-7,15H,2,8-13H2,1H3,(H2,17,18,19). The van der Waals surface area contributed by atoms with Crippen LogP contribution >= 0.6 is 0 Å². The van der Waals surface area contributed by atoms with Gasteiger partial charge in [0, 0.05) is 19.7 Å². The number of guanidine groups is 1. The highest BCUT2D eigenvalue weighted by Gasteiger charge is 2.20. The molecule has 0 radical (unpaired) electrons. The lowest BCUT2D eigenvalue weighted by molar-refractivity contribution is 0.129. The largest absolute Gasteiger partial charge is 0.379 e. The molecule has 1 saturated carbocycles. The van der Waals surface area contributed by atoms with Crippen molar-refractivity contribution < 1.29 is 4.74 Å². The Bertz CT molecular complexity index is 401. The van der Waals surface area contributed by atoms with Crippen molar-refractivity contribution >= 4 is 5.96 Å². The predicted molar refractivity (Wildman–Crippen MR) is 82.8 cm³/mol. The number of rotatable bonds is 8. The van der Waals surface area contributed by atoms with Gasteiger partial charge in [-0.05, 0) is 31.2 Å². The highest BCUT2D eigenvalue weighted by molar-refractivity contribution is 5.79. The summed E-state index contributed by atoms with van der Waals surface area (Å²) in [7, 11) is 0. The summed E-state index contributed by atoms with van der Waals surface area (Å²) in [5.74, 6) is 1.68. The molecule has 110 valence electrons. The molecule has 0 aliphatic heterocycles. The number of benzene rings is 1. The zero-order valence-electron chi connectivity index (χ0n) is 12.3. The van der Waals surface area contributed by atoms with Gasteiger partial charge in [-0.1, -0.05) is 30.3 Å². The average molecular weight is 275 g/mol. The molecule has 1 aliphatic rings. The maximum absolute atomic E-state index is 5.60. The van der Waals surface area contributed by atoms with Gasteiger partial charge in [0.15, 0.2) is 5.96 Å². The second kappa shape index (κ2) is 8.59. The van der Waals surface area contributed by atoms with Gasteiger partial charge >= 0.3 is 0 Å². The van der Waals surface area contributed by atoms with E-state index in [1.165, 1.54) is 18.4 Å². The quantitative estimate of drug-likeness (QED) is 0.434. The Morgan fingerprint density at radius 1 is 1.25 bits per heavy atom. The van der Waals surface area contributed by atoms with Crippen molar-refractivity contribution in [2.75, 3.05) is 26.3 Å². The van der Waals surface area contributed by atoms with Gasteiger partial charge in [-0.15, -0.1) is 0 Å². The topological polar surface area (TPSA) is 45.7 Å². The summed E-state index contributed by atoms with van der Waals surface area (Å²) in [4.78, 5) is 4.57. The van der Waals surface area contributed by atoms with Crippen molar-refractivity contribution in [3.05, 3.63) is 35.9 Å². The van der Waals surface area contributed by atoms with Crippen LogP contribution < -0.4 is 10.6 Å². The number of aliphatic imine (C=N–C) groups is 1. The van der Waals surface area contributed by atoms with Crippen molar-refractivity contribution in [3.63, 3.8) is 0 Å². The van der Waals surface area contributed by atoms with Gasteiger partial charge in [0.05, 0.1) is 13.2 Å². The third-order valence-electron chi connectivity index (χ3n) is 3.20. The van der Waals surface area contributed by atoms with E-state index in [1.54, 1.807) is 0 Å². The van der Waals surface area contributed by atoms with E-state index in [2.05, 4.69) is 34.7 Å². The average Bonchev–Trinajstić information content (AvgIpc) is 3.29. The molecule has 20 heavy (non-hydrogen) atoms. The molecule has 0 aromatic heterocycles. The second-order valence-corrected chi connectivity index (χ2v) is 5.13. The van der Waals surface area contributed by atoms with Crippen LogP contribution in [0.1, 0.15) is 25.3 Å². The molecular formula is C16H25N3O. The van der Waals surface area contributed by atoms with Crippen molar-refractivity contribution in [2.45, 2.75) is 26.3 Å². The van der Waals surface area contributed by atoms with E-state index in [4.69, 9.17) is 4.74 Å². The Hall–Kier alpha value is -1.55. The van der Waals surface area contributed by atoms with E-state index in [9.17, 15) is 0 Å². The van der Waals surface area contributed by atoms with E-state index in [1.807, 2.05) is 18.2 Å². The molecule has 1 aliphatic carbocycles. The summed E-state index contributed by atoms with van der Waals surface area (Å²) < 4.78 is 5.60. The summed E-state index contributed by atoms with van der Waals surface area (Å²) in [6.07, 6.45) is 2.68. The Balaban J connectivity index is 1.67. The molecule has 0 unspecified atom stereocenters. The Labute approximate surface area is 121 Å². The van der Waals surface area contributed by atoms with Gasteiger partial charge in [-0.3, -0.25) is 0 Å². The van der Waals surface area contributed by atoms with E-state index in [0.29, 0.717) is 6.54 Å². The molecule has 0 saturated heterocycles. The lowest BCUT2D eigenvalue weighted by Gasteiger charge is -2.11. The first-order valence-electron chi connectivity index (χ1n) is 7.52. The fraction of sp³-hybridized carbons (Fsp3) is 0.562. The van der Waals surface area contributed by atoms with E-state index in [-0.39, 0.29) is 0 Å². The number of ether oxygens (including phenoxy) is 1. The SMILES string of the molecule is CCNC(=NCc1ccccc1)NCCOCC1CC1. The minimum Gasteiger partial charge on any atom is -0.379 e. The van der Waals surface area contributed by atoms with Crippen molar-refractivity contribution in [1.82, 2.24) is 10.6 Å². The van der Waals surface area contributed by atoms with Crippen molar-refractivity contribution in [3.8, 4) is 0 Å². The van der Waals surface area contributed by atoms with E-state index in [0.717, 1.165) is 38.2 Å². The van der Waals surface area contributed by atoms with Crippen LogP contribution in [0.4, 0.5) is 0 Å². The third kappa shape index (κ3) is 6.06. The normalized spacial score (nSPS) is 15.2. The van der Waals surface area contributed by atoms with Crippen LogP contribution in [0.15, 0.2) is 35.3 Å². The van der Waals surface area contributed by atoms with Crippen molar-refractivity contribution in [1.29, 1.82) is 0 Å². The molecular weight excluding hydrogens is 250 g/mol. The number of nitrogens with zero attached hydrogens (tertiary/aromatic N) is 1. The van der Waals surface area contributed by atoms with Gasteiger partial charge < -0.3 is 15.4 Å². The van der Waals surface area contributed by atoms with E-state index < -0.39 is 0 Å². The van der Waals surface area contributed by atoms with Crippen LogP contribution in [-0.2, 0) is 11.3 Å². The summed E-state index contributed by atoms with van der Waals surface area (Å²) in [6.45, 7) is 6.09. The summed E-state index contributed by atoms with van der Waals surface area (Å²) in [5.41, 5.74) is 1.22. The number of nitrogens with one attached hydrogen (secondary N) is 2. The number of hydrogen-bond acceptors (Lipinski definition) is 2. The third-order valence-corrected chi connectivity index (χ3v) is 3.20. The highest BCUT2D eigenvalue weighted by atomic mass is 16.5. The van der Waals surface area contributed by atoms with Gasteiger partial charge in [0.2, 0.25) is 0 Å². The molecule has 1 aromatic carbocycles. The second-order valence-electron chi connectivity index (χ2n) is 5.13. The maximum atomic E-state index is 5.60. The molecule has 2 N–H and O–H groups in total. The molecule has 2 rings (SSSR count). The molecule has 0 amide bonds. The molecule has 1 fully saturated rings. The fourth-order valence-corrected chi connectivity index (χ4v) is 1.87. The monoisotopic (exact) mass is 275 g/mol. The molecule has 0 atom stereocenters. The van der Waals surface area contributed by atoms with E-state index >= 15 is 0 Å². The van der Waals surface area contributed by atoms with Crippen LogP contribution in [0.5, 0.6) is 0 Å². The maximum Gasteiger partial charge on any atom is 0.191 e. The minimum atomic E-state index is 0.694. The van der Waals surface area contributed by atoms with Crippen LogP contribution in [0.3, 0.4) is 0 Å². The molecule has 0 heterocycles. The van der Waals surface area contributed by atoms with Gasteiger partial charge in [0.25, 0.3) is 0 Å². The van der Waals surface area contributed by atoms with Gasteiger partial charge in [-0.2, -0.15) is 0 Å². The molecule has 0 spiro atoms. The Kier molecular flexibility index (Phi) is 6.38. The van der Waals surface area contributed by atoms with Crippen LogP contribution in [0, 0.1) is 5.92 Å². The first kappa shape index (κ1) is 14.9. The zero-order chi connectivity index (χ0) is 14.0. The summed E-state index contributed by atoms with van der Waals surface area (Å²) in [5, 5.41) is 6.55. The molecule has 4 heteroatoms. The lowest BCUT2D eigenvalue weighted by Crippen LogP contribution is -2.39. The van der Waals surface area contributed by atoms with Gasteiger partial charge in [0.1, 0.15) is 0 Å². The first-order valence-corrected chi connectivity index (χ1v) is 7.52. The van der Waals surface area contributed by atoms with Crippen LogP contribution in [0.25, 0.3) is 0 Å². The minimum absolute atomic E-state index is 0.694. The molecule has 1 aromatic rings. The summed E-state index contributed by atoms with van der Waals surface area (Å²) >= 11 is 0. The highest BCUT2D eigenvalue weighted by Crippen LogP contribution is 2.28. The van der Waals surface area contributed by atoms with Crippen LogP contribution in [-0.4, -0.2) is 32.3 Å². The smallest absolute Gasteiger partial charge is 0.191 e. The Morgan fingerprint density at radius 3 is 2.75 bits per heavy atom. The van der Waals surface area contributed by atoms with Crippen molar-refractivity contribution in [2.24, 2.45) is 10.9 Å². The molecule has 0 bridgehead atoms. The number of hydrogen-bond donors (Lipinski definition) is 2. The summed E-state index contributed by atoms with van der Waals surface area (Å²) in [6, 6.07) is 10.3. The van der Waals surface area contributed by atoms with Crippen LogP contribution in [0.2, 0.25) is 0 Å².